The van der Waals surface area contributed by atoms with Crippen LogP contribution in [-0.4, -0.2) is 11.7 Å². The van der Waals surface area contributed by atoms with Crippen molar-refractivity contribution in [1.29, 1.82) is 0 Å². The van der Waals surface area contributed by atoms with E-state index in [1.807, 2.05) is 55.2 Å². The highest BCUT2D eigenvalue weighted by Crippen LogP contribution is 2.27. The molecule has 0 N–H and O–H groups in total. The van der Waals surface area contributed by atoms with Crippen molar-refractivity contribution >= 4 is 18.5 Å². The van der Waals surface area contributed by atoms with E-state index in [0.717, 1.165) is 15.5 Å². The second-order valence-corrected chi connectivity index (χ2v) is 5.69. The Balaban J connectivity index is 2.27. The van der Waals surface area contributed by atoms with Gasteiger partial charge in [0.05, 0.1) is 4.90 Å². The normalized spacial score (nSPS) is 11.5. The Labute approximate surface area is 134 Å². The Hall–Kier alpha value is -2.40. The van der Waals surface area contributed by atoms with Crippen LogP contribution in [0.5, 0.6) is 5.75 Å². The topological polar surface area (TPSA) is 38.4 Å². The van der Waals surface area contributed by atoms with E-state index in [0.29, 0.717) is 11.6 Å². The molecule has 2 rings (SSSR count). The molecule has 0 atom stereocenters. The van der Waals surface area contributed by atoms with Crippen LogP contribution in [-0.2, 0) is 7.05 Å². The Bertz CT molecular complexity index is 711. The molecule has 0 amide bonds. The zero-order valence-electron chi connectivity index (χ0n) is 12.7. The lowest BCUT2D eigenvalue weighted by molar-refractivity contribution is -0.673. The van der Waals surface area contributed by atoms with Crippen molar-refractivity contribution in [3.05, 3.63) is 67.0 Å². The van der Waals surface area contributed by atoms with Crippen molar-refractivity contribution < 1.29 is 9.30 Å². The van der Waals surface area contributed by atoms with Gasteiger partial charge in [-0.15, -0.1) is 0 Å². The molecule has 0 aromatic carbocycles. The molecular weight excluding hydrogens is 294 g/mol. The summed E-state index contributed by atoms with van der Waals surface area (Å²) in [7, 11) is 1.94. The summed E-state index contributed by atoms with van der Waals surface area (Å²) < 4.78 is 7.74. The highest BCUT2D eigenvalue weighted by molar-refractivity contribution is 7.99. The summed E-state index contributed by atoms with van der Waals surface area (Å²) in [6.45, 7) is 9.13. The zero-order valence-corrected chi connectivity index (χ0v) is 13.5. The fourth-order valence-electron chi connectivity index (χ4n) is 1.73. The highest BCUT2D eigenvalue weighted by atomic mass is 32.2. The molecular formula is C17H18N3OS+. The van der Waals surface area contributed by atoms with E-state index in [-0.39, 0.29) is 0 Å². The first-order valence-corrected chi connectivity index (χ1v) is 7.51. The third-order valence-corrected chi connectivity index (χ3v) is 3.72. The van der Waals surface area contributed by atoms with Crippen LogP contribution >= 0.6 is 11.8 Å². The molecule has 2 aromatic heterocycles. The van der Waals surface area contributed by atoms with E-state index in [1.165, 1.54) is 0 Å². The molecule has 0 fully saturated rings. The maximum atomic E-state index is 5.80. The Kier molecular flexibility index (Phi) is 5.49. The summed E-state index contributed by atoms with van der Waals surface area (Å²) in [5.74, 6) is 1.14. The number of aromatic nitrogens is 2. The molecule has 4 nitrogen and oxygen atoms in total. The summed E-state index contributed by atoms with van der Waals surface area (Å²) in [4.78, 5) is 9.25. The first-order chi connectivity index (χ1) is 10.6. The predicted molar refractivity (Wildman–Crippen MR) is 89.1 cm³/mol. The molecule has 2 aromatic rings. The number of allylic oxidation sites excluding steroid dienone is 2. The SMILES string of the molecule is C=C/C(C)=C(\N=C)Oc1cc(Sc2ccccn2)c[n+](C)c1. The molecule has 0 saturated carbocycles. The van der Waals surface area contributed by atoms with E-state index < -0.39 is 0 Å². The quantitative estimate of drug-likeness (QED) is 0.354. The van der Waals surface area contributed by atoms with Crippen LogP contribution in [0.4, 0.5) is 0 Å². The van der Waals surface area contributed by atoms with Gasteiger partial charge in [0.1, 0.15) is 12.1 Å². The second kappa shape index (κ2) is 7.56. The van der Waals surface area contributed by atoms with Gasteiger partial charge >= 0.3 is 0 Å². The first-order valence-electron chi connectivity index (χ1n) is 6.69. The Morgan fingerprint density at radius 2 is 2.23 bits per heavy atom. The van der Waals surface area contributed by atoms with Gasteiger partial charge in [-0.3, -0.25) is 0 Å². The first kappa shape index (κ1) is 16.0. The van der Waals surface area contributed by atoms with E-state index in [9.17, 15) is 0 Å². The van der Waals surface area contributed by atoms with Crippen molar-refractivity contribution in [3.63, 3.8) is 0 Å². The molecule has 112 valence electrons. The lowest BCUT2D eigenvalue weighted by Gasteiger charge is -2.07. The van der Waals surface area contributed by atoms with Gasteiger partial charge in [0, 0.05) is 17.8 Å². The molecule has 0 saturated heterocycles. The summed E-state index contributed by atoms with van der Waals surface area (Å²) in [5.41, 5.74) is 0.834. The molecule has 0 aliphatic rings. The average molecular weight is 312 g/mol. The largest absolute Gasteiger partial charge is 0.432 e. The van der Waals surface area contributed by atoms with Gasteiger partial charge < -0.3 is 4.74 Å². The van der Waals surface area contributed by atoms with Crippen LogP contribution in [0.2, 0.25) is 0 Å². The van der Waals surface area contributed by atoms with E-state index in [1.54, 1.807) is 24.0 Å². The second-order valence-electron chi connectivity index (χ2n) is 4.60. The third-order valence-electron chi connectivity index (χ3n) is 2.81. The fourth-order valence-corrected chi connectivity index (χ4v) is 2.63. The number of nitrogens with zero attached hydrogens (tertiary/aromatic N) is 3. The zero-order chi connectivity index (χ0) is 15.9. The van der Waals surface area contributed by atoms with Crippen LogP contribution in [0, 0.1) is 0 Å². The predicted octanol–water partition coefficient (Wildman–Crippen LogP) is 3.55. The van der Waals surface area contributed by atoms with Crippen molar-refractivity contribution in [3.8, 4) is 5.75 Å². The molecule has 0 radical (unpaired) electrons. The average Bonchev–Trinajstić information content (AvgIpc) is 2.52. The molecule has 5 heteroatoms. The maximum absolute atomic E-state index is 5.80. The van der Waals surface area contributed by atoms with Crippen molar-refractivity contribution in [2.45, 2.75) is 16.8 Å². The Morgan fingerprint density at radius 1 is 1.41 bits per heavy atom. The lowest BCUT2D eigenvalue weighted by atomic mass is 10.3. The van der Waals surface area contributed by atoms with Gasteiger partial charge in [-0.2, -0.15) is 0 Å². The summed E-state index contributed by atoms with van der Waals surface area (Å²) in [6, 6.07) is 7.78. The summed E-state index contributed by atoms with van der Waals surface area (Å²) in [5, 5.41) is 0.930. The van der Waals surface area contributed by atoms with Gasteiger partial charge in [0.25, 0.3) is 0 Å². The van der Waals surface area contributed by atoms with Gasteiger partial charge in [-0.1, -0.05) is 30.5 Å². The summed E-state index contributed by atoms with van der Waals surface area (Å²) in [6.07, 6.45) is 7.36. The highest BCUT2D eigenvalue weighted by Gasteiger charge is 2.10. The molecule has 0 spiro atoms. The van der Waals surface area contributed by atoms with Crippen molar-refractivity contribution in [2.24, 2.45) is 12.0 Å². The van der Waals surface area contributed by atoms with Gasteiger partial charge in [0.2, 0.25) is 12.1 Å². The lowest BCUT2D eigenvalue weighted by Crippen LogP contribution is -2.27. The standard InChI is InChI=1S/C17H18N3OS/c1-5-13(2)17(18-3)21-14-10-15(12-20(4)11-14)22-16-8-6-7-9-19-16/h5-12H,1,3H2,2,4H3/q+1/b17-13+. The van der Waals surface area contributed by atoms with Gasteiger partial charge in [-0.25, -0.2) is 14.5 Å². The molecule has 0 bridgehead atoms. The van der Waals surface area contributed by atoms with E-state index >= 15 is 0 Å². The van der Waals surface area contributed by atoms with E-state index in [4.69, 9.17) is 4.74 Å². The third kappa shape index (κ3) is 4.30. The van der Waals surface area contributed by atoms with Crippen LogP contribution in [0.15, 0.2) is 81.9 Å². The molecule has 22 heavy (non-hydrogen) atoms. The number of aliphatic imine (C=N–C) groups is 1. The van der Waals surface area contributed by atoms with Crippen molar-refractivity contribution in [2.75, 3.05) is 0 Å². The molecule has 0 aliphatic heterocycles. The number of rotatable bonds is 6. The smallest absolute Gasteiger partial charge is 0.221 e. The minimum Gasteiger partial charge on any atom is -0.432 e. The Morgan fingerprint density at radius 3 is 2.86 bits per heavy atom. The minimum absolute atomic E-state index is 0.454. The van der Waals surface area contributed by atoms with Crippen LogP contribution in [0.3, 0.4) is 0 Å². The molecule has 0 aliphatic carbocycles. The summed E-state index contributed by atoms with van der Waals surface area (Å²) >= 11 is 1.57. The minimum atomic E-state index is 0.454. The van der Waals surface area contributed by atoms with Crippen LogP contribution in [0.1, 0.15) is 6.92 Å². The van der Waals surface area contributed by atoms with Gasteiger partial charge in [-0.05, 0) is 25.8 Å². The number of ether oxygens (including phenoxy) is 1. The number of hydrogen-bond acceptors (Lipinski definition) is 4. The fraction of sp³-hybridized carbons (Fsp3) is 0.118. The number of hydrogen-bond donors (Lipinski definition) is 0. The van der Waals surface area contributed by atoms with Gasteiger partial charge in [0.15, 0.2) is 11.9 Å². The van der Waals surface area contributed by atoms with Crippen LogP contribution < -0.4 is 9.30 Å². The monoisotopic (exact) mass is 312 g/mol. The van der Waals surface area contributed by atoms with Crippen LogP contribution in [0.25, 0.3) is 0 Å². The molecule has 2 heterocycles. The van der Waals surface area contributed by atoms with Crippen molar-refractivity contribution in [1.82, 2.24) is 4.98 Å². The number of aryl methyl sites for hydroxylation is 1. The maximum Gasteiger partial charge on any atom is 0.221 e. The molecule has 0 unspecified atom stereocenters. The van der Waals surface area contributed by atoms with E-state index in [2.05, 4.69) is 23.3 Å². The number of pyridine rings is 2.